The maximum Gasteiger partial charge on any atom is 0.243 e. The number of amides is 1. The maximum atomic E-state index is 12.9. The zero-order valence-corrected chi connectivity index (χ0v) is 18.8. The Morgan fingerprint density at radius 3 is 2.48 bits per heavy atom. The Labute approximate surface area is 183 Å². The number of carbonyl (C=O) groups excluding carboxylic acids is 1. The zero-order valence-electron chi connectivity index (χ0n) is 18.0. The molecule has 2 aliphatic heterocycles. The number of benzene rings is 1. The van der Waals surface area contributed by atoms with Crippen LogP contribution in [0.4, 0.5) is 5.69 Å². The molecule has 1 amide bonds. The van der Waals surface area contributed by atoms with Crippen molar-refractivity contribution in [3.63, 3.8) is 0 Å². The number of nitrogens with zero attached hydrogens (tertiary/aromatic N) is 3. The second-order valence-corrected chi connectivity index (χ2v) is 10.1. The van der Waals surface area contributed by atoms with Gasteiger partial charge in [-0.2, -0.15) is 4.31 Å². The number of morpholine rings is 1. The number of carbonyl (C=O) groups is 1. The topological polar surface area (TPSA) is 83.9 Å². The molecule has 2 atom stereocenters. The number of likely N-dealkylation sites (tertiary alicyclic amines) is 1. The van der Waals surface area contributed by atoms with E-state index >= 15 is 0 Å². The van der Waals surface area contributed by atoms with Crippen molar-refractivity contribution in [1.82, 2.24) is 13.8 Å². The molecule has 4 rings (SSSR count). The number of ether oxygens (including phenoxy) is 1. The first-order valence-corrected chi connectivity index (χ1v) is 12.2. The third-order valence-electron chi connectivity index (χ3n) is 6.23. The smallest absolute Gasteiger partial charge is 0.243 e. The predicted octanol–water partition coefficient (Wildman–Crippen LogP) is 2.21. The van der Waals surface area contributed by atoms with Crippen LogP contribution >= 0.6 is 0 Å². The molecule has 0 unspecified atom stereocenters. The molecule has 31 heavy (non-hydrogen) atoms. The van der Waals surface area contributed by atoms with Crippen LogP contribution < -0.4 is 5.32 Å². The molecule has 168 valence electrons. The summed E-state index contributed by atoms with van der Waals surface area (Å²) < 4.78 is 34.3. The van der Waals surface area contributed by atoms with E-state index in [-0.39, 0.29) is 22.9 Å². The van der Waals surface area contributed by atoms with Gasteiger partial charge < -0.3 is 14.6 Å². The standard InChI is InChI=1S/C22H30N4O4S/c1-17(26-12-4-6-21(26)20-5-3-11-24(20)2)22(27)23-18-7-9-19(10-8-18)31(28,29)25-13-15-30-16-14-25/h3,5,7-11,17,21H,4,6,12-16H2,1-2H3,(H,23,27)/t17-,21+/m1/s1. The normalized spacial score (nSPS) is 21.8. The number of rotatable bonds is 6. The average Bonchev–Trinajstić information content (AvgIpc) is 3.42. The van der Waals surface area contributed by atoms with Gasteiger partial charge in [0.1, 0.15) is 0 Å². The van der Waals surface area contributed by atoms with Gasteiger partial charge in [-0.15, -0.1) is 0 Å². The van der Waals surface area contributed by atoms with Crippen LogP contribution in [0.3, 0.4) is 0 Å². The molecule has 3 heterocycles. The summed E-state index contributed by atoms with van der Waals surface area (Å²) in [7, 11) is -1.51. The number of hydrogen-bond donors (Lipinski definition) is 1. The highest BCUT2D eigenvalue weighted by molar-refractivity contribution is 7.89. The highest BCUT2D eigenvalue weighted by atomic mass is 32.2. The molecule has 1 aromatic carbocycles. The fraction of sp³-hybridized carbons (Fsp3) is 0.500. The minimum atomic E-state index is -3.54. The van der Waals surface area contributed by atoms with Gasteiger partial charge in [0.05, 0.1) is 30.2 Å². The van der Waals surface area contributed by atoms with Gasteiger partial charge in [-0.3, -0.25) is 9.69 Å². The van der Waals surface area contributed by atoms with Crippen LogP contribution in [-0.4, -0.2) is 67.0 Å². The van der Waals surface area contributed by atoms with Gasteiger partial charge in [-0.1, -0.05) is 0 Å². The highest BCUT2D eigenvalue weighted by Crippen LogP contribution is 2.33. The van der Waals surface area contributed by atoms with Crippen molar-refractivity contribution in [2.75, 3.05) is 38.2 Å². The van der Waals surface area contributed by atoms with Crippen LogP contribution in [0.2, 0.25) is 0 Å². The largest absolute Gasteiger partial charge is 0.379 e. The number of aryl methyl sites for hydroxylation is 1. The van der Waals surface area contributed by atoms with Gasteiger partial charge in [-0.25, -0.2) is 8.42 Å². The lowest BCUT2D eigenvalue weighted by molar-refractivity contribution is -0.121. The molecule has 0 aliphatic carbocycles. The van der Waals surface area contributed by atoms with E-state index in [1.807, 2.05) is 26.2 Å². The lowest BCUT2D eigenvalue weighted by Crippen LogP contribution is -2.42. The molecule has 2 saturated heterocycles. The number of hydrogen-bond acceptors (Lipinski definition) is 5. The molecule has 1 aromatic heterocycles. The molecule has 0 spiro atoms. The molecule has 0 radical (unpaired) electrons. The van der Waals surface area contributed by atoms with E-state index in [2.05, 4.69) is 20.9 Å². The van der Waals surface area contributed by atoms with Crippen LogP contribution in [-0.2, 0) is 26.6 Å². The van der Waals surface area contributed by atoms with E-state index in [0.717, 1.165) is 19.4 Å². The Bertz CT molecular complexity index is 1010. The fourth-order valence-corrected chi connectivity index (χ4v) is 5.84. The van der Waals surface area contributed by atoms with Crippen LogP contribution in [0.5, 0.6) is 0 Å². The van der Waals surface area contributed by atoms with Crippen molar-refractivity contribution < 1.29 is 17.9 Å². The van der Waals surface area contributed by atoms with Gasteiger partial charge in [0.2, 0.25) is 15.9 Å². The summed E-state index contributed by atoms with van der Waals surface area (Å²) in [5.41, 5.74) is 1.81. The molecule has 2 aromatic rings. The van der Waals surface area contributed by atoms with Gasteiger partial charge in [0.25, 0.3) is 0 Å². The van der Waals surface area contributed by atoms with E-state index in [4.69, 9.17) is 4.74 Å². The van der Waals surface area contributed by atoms with Crippen molar-refractivity contribution in [1.29, 1.82) is 0 Å². The van der Waals surface area contributed by atoms with Gasteiger partial charge in [0, 0.05) is 37.7 Å². The highest BCUT2D eigenvalue weighted by Gasteiger charge is 2.34. The second kappa shape index (κ2) is 9.12. The number of aromatic nitrogens is 1. The van der Waals surface area contributed by atoms with Crippen molar-refractivity contribution in [3.8, 4) is 0 Å². The number of sulfonamides is 1. The van der Waals surface area contributed by atoms with E-state index in [1.165, 1.54) is 10.00 Å². The second-order valence-electron chi connectivity index (χ2n) is 8.15. The Kier molecular flexibility index (Phi) is 6.47. The van der Waals surface area contributed by atoms with Crippen LogP contribution in [0, 0.1) is 0 Å². The van der Waals surface area contributed by atoms with Crippen molar-refractivity contribution >= 4 is 21.6 Å². The van der Waals surface area contributed by atoms with Crippen LogP contribution in [0.15, 0.2) is 47.5 Å². The average molecular weight is 447 g/mol. The van der Waals surface area contributed by atoms with Crippen molar-refractivity contribution in [3.05, 3.63) is 48.3 Å². The van der Waals surface area contributed by atoms with Crippen LogP contribution in [0.1, 0.15) is 31.5 Å². The van der Waals surface area contributed by atoms with Crippen molar-refractivity contribution in [2.24, 2.45) is 7.05 Å². The molecule has 8 nitrogen and oxygen atoms in total. The predicted molar refractivity (Wildman–Crippen MR) is 118 cm³/mol. The van der Waals surface area contributed by atoms with Gasteiger partial charge in [-0.05, 0) is 62.7 Å². The Morgan fingerprint density at radius 2 is 1.84 bits per heavy atom. The lowest BCUT2D eigenvalue weighted by atomic mass is 10.1. The Hall–Kier alpha value is -2.20. The summed E-state index contributed by atoms with van der Waals surface area (Å²) in [4.78, 5) is 15.4. The van der Waals surface area contributed by atoms with E-state index in [9.17, 15) is 13.2 Å². The van der Waals surface area contributed by atoms with Gasteiger partial charge in [0.15, 0.2) is 0 Å². The monoisotopic (exact) mass is 446 g/mol. The fourth-order valence-electron chi connectivity index (χ4n) is 4.43. The lowest BCUT2D eigenvalue weighted by Gasteiger charge is -2.30. The number of nitrogens with one attached hydrogen (secondary N) is 1. The molecule has 9 heteroatoms. The minimum absolute atomic E-state index is 0.0927. The molecule has 2 aliphatic rings. The third-order valence-corrected chi connectivity index (χ3v) is 8.14. The van der Waals surface area contributed by atoms with E-state index < -0.39 is 10.0 Å². The van der Waals surface area contributed by atoms with E-state index in [1.54, 1.807) is 24.3 Å². The number of anilines is 1. The first-order valence-electron chi connectivity index (χ1n) is 10.7. The molecular weight excluding hydrogens is 416 g/mol. The van der Waals surface area contributed by atoms with Gasteiger partial charge >= 0.3 is 0 Å². The van der Waals surface area contributed by atoms with E-state index in [0.29, 0.717) is 32.0 Å². The summed E-state index contributed by atoms with van der Waals surface area (Å²) >= 11 is 0. The first kappa shape index (κ1) is 22.0. The summed E-state index contributed by atoms with van der Waals surface area (Å²) in [6.07, 6.45) is 4.12. The molecular formula is C22H30N4O4S. The summed E-state index contributed by atoms with van der Waals surface area (Å²) in [5, 5.41) is 2.94. The Morgan fingerprint density at radius 1 is 1.13 bits per heavy atom. The maximum absolute atomic E-state index is 12.9. The van der Waals surface area contributed by atoms with Crippen LogP contribution in [0.25, 0.3) is 0 Å². The summed E-state index contributed by atoms with van der Waals surface area (Å²) in [5.74, 6) is -0.0927. The molecule has 2 fully saturated rings. The minimum Gasteiger partial charge on any atom is -0.379 e. The summed E-state index contributed by atoms with van der Waals surface area (Å²) in [6, 6.07) is 10.5. The quantitative estimate of drug-likeness (QED) is 0.736. The first-order chi connectivity index (χ1) is 14.9. The Balaban J connectivity index is 1.42. The molecule has 1 N–H and O–H groups in total. The third kappa shape index (κ3) is 4.55. The summed E-state index contributed by atoms with van der Waals surface area (Å²) in [6.45, 7) is 4.33. The molecule has 0 saturated carbocycles. The van der Waals surface area contributed by atoms with Crippen molar-refractivity contribution in [2.45, 2.75) is 36.7 Å². The SMILES string of the molecule is C[C@H](C(=O)Nc1ccc(S(=O)(=O)N2CCOCC2)cc1)N1CCC[C@H]1c1cccn1C. The molecule has 0 bridgehead atoms. The zero-order chi connectivity index (χ0) is 22.0.